The Morgan fingerprint density at radius 3 is 2.52 bits per heavy atom. The maximum Gasteiger partial charge on any atom is 0.416 e. The number of carbonyl (C=O) groups excluding carboxylic acids is 1. The maximum atomic E-state index is 12.8. The Labute approximate surface area is 175 Å². The molecule has 3 atom stereocenters. The molecular formula is C21H27ClF3N3O. The molecule has 2 aliphatic heterocycles. The van der Waals surface area contributed by atoms with Crippen LogP contribution in [0.2, 0.25) is 0 Å². The minimum Gasteiger partial charge on any atom is -0.332 e. The van der Waals surface area contributed by atoms with E-state index >= 15 is 0 Å². The van der Waals surface area contributed by atoms with Gasteiger partial charge >= 0.3 is 12.2 Å². The van der Waals surface area contributed by atoms with E-state index < -0.39 is 11.7 Å². The summed E-state index contributed by atoms with van der Waals surface area (Å²) in [6.45, 7) is 5.55. The lowest BCUT2D eigenvalue weighted by molar-refractivity contribution is -0.137. The van der Waals surface area contributed by atoms with Crippen LogP contribution in [0.25, 0.3) is 0 Å². The molecule has 1 aromatic carbocycles. The molecule has 8 heteroatoms. The lowest BCUT2D eigenvalue weighted by Crippen LogP contribution is -2.44. The average Bonchev–Trinajstić information content (AvgIpc) is 3.21. The minimum absolute atomic E-state index is 0. The number of piperidine rings is 1. The van der Waals surface area contributed by atoms with Crippen molar-refractivity contribution in [2.75, 3.05) is 26.2 Å². The normalized spacial score (nSPS) is 28.7. The van der Waals surface area contributed by atoms with E-state index in [4.69, 9.17) is 0 Å². The minimum atomic E-state index is -4.28. The molecule has 1 saturated heterocycles. The third-order valence-corrected chi connectivity index (χ3v) is 6.29. The van der Waals surface area contributed by atoms with Gasteiger partial charge in [0.05, 0.1) is 5.56 Å². The third-order valence-electron chi connectivity index (χ3n) is 6.29. The van der Waals surface area contributed by atoms with Crippen LogP contribution < -0.4 is 5.32 Å². The number of hydrogen-bond acceptors (Lipinski definition) is 2. The van der Waals surface area contributed by atoms with Gasteiger partial charge in [0.25, 0.3) is 0 Å². The number of likely N-dealkylation sites (tertiary alicyclic amines) is 1. The lowest BCUT2D eigenvalue weighted by atomic mass is 9.94. The molecule has 1 N–H and O–H groups in total. The van der Waals surface area contributed by atoms with Gasteiger partial charge in [-0.25, -0.2) is 4.79 Å². The van der Waals surface area contributed by atoms with Crippen molar-refractivity contribution in [2.24, 2.45) is 5.92 Å². The number of carbonyl (C=O) groups is 1. The Morgan fingerprint density at radius 1 is 1.17 bits per heavy atom. The van der Waals surface area contributed by atoms with Gasteiger partial charge in [0.2, 0.25) is 0 Å². The monoisotopic (exact) mass is 429 g/mol. The zero-order valence-corrected chi connectivity index (χ0v) is 17.2. The molecular weight excluding hydrogens is 403 g/mol. The number of benzene rings is 1. The standard InChI is InChI=1S/C21H26F3N3O.ClH/c1-15-8-11-27(19(28)25-15)10-3-2-9-26-13-18-12-20(18,14-26)16-4-6-17(7-5-16)21(22,23)24;/h4-8,11,15,18H,2-3,9-10,12-14H2,1H3,(H,25,28);1H/t15?,18-,20+;/m0./s1. The average molecular weight is 430 g/mol. The van der Waals surface area contributed by atoms with E-state index in [-0.39, 0.29) is 29.9 Å². The molecule has 1 saturated carbocycles. The first-order chi connectivity index (χ1) is 13.3. The van der Waals surface area contributed by atoms with Crippen molar-refractivity contribution in [3.63, 3.8) is 0 Å². The van der Waals surface area contributed by atoms with E-state index in [2.05, 4.69) is 10.2 Å². The molecule has 0 spiro atoms. The first-order valence-electron chi connectivity index (χ1n) is 9.93. The molecule has 0 bridgehead atoms. The number of unbranched alkanes of at least 4 members (excludes halogenated alkanes) is 1. The number of halogens is 4. The number of urea groups is 1. The summed E-state index contributed by atoms with van der Waals surface area (Å²) in [7, 11) is 0. The highest BCUT2D eigenvalue weighted by Gasteiger charge is 2.60. The largest absolute Gasteiger partial charge is 0.416 e. The molecule has 0 aromatic heterocycles. The molecule has 160 valence electrons. The van der Waals surface area contributed by atoms with E-state index in [1.807, 2.05) is 19.2 Å². The maximum absolute atomic E-state index is 12.8. The van der Waals surface area contributed by atoms with Crippen LogP contribution in [-0.2, 0) is 11.6 Å². The summed E-state index contributed by atoms with van der Waals surface area (Å²) in [6, 6.07) is 5.78. The zero-order chi connectivity index (χ0) is 19.9. The fraction of sp³-hybridized carbons (Fsp3) is 0.571. The molecule has 4 nitrogen and oxygen atoms in total. The molecule has 1 aliphatic carbocycles. The van der Waals surface area contributed by atoms with E-state index in [0.717, 1.165) is 44.5 Å². The summed E-state index contributed by atoms with van der Waals surface area (Å²) in [6.07, 6.45) is 2.56. The van der Waals surface area contributed by atoms with Crippen LogP contribution in [-0.4, -0.2) is 48.1 Å². The molecule has 3 aliphatic rings. The molecule has 29 heavy (non-hydrogen) atoms. The van der Waals surface area contributed by atoms with Crippen molar-refractivity contribution in [1.29, 1.82) is 0 Å². The summed E-state index contributed by atoms with van der Waals surface area (Å²) in [5.41, 5.74) is 0.512. The number of rotatable bonds is 6. The van der Waals surface area contributed by atoms with Gasteiger partial charge in [-0.3, -0.25) is 0 Å². The summed E-state index contributed by atoms with van der Waals surface area (Å²) in [5, 5.41) is 2.88. The Bertz CT molecular complexity index is 767. The summed E-state index contributed by atoms with van der Waals surface area (Å²) in [5.74, 6) is 0.557. The molecule has 1 aromatic rings. The lowest BCUT2D eigenvalue weighted by Gasteiger charge is -2.26. The molecule has 4 rings (SSSR count). The third kappa shape index (κ3) is 4.56. The van der Waals surface area contributed by atoms with Crippen molar-refractivity contribution < 1.29 is 18.0 Å². The highest BCUT2D eigenvalue weighted by molar-refractivity contribution is 5.85. The van der Waals surface area contributed by atoms with E-state index in [1.165, 1.54) is 12.1 Å². The number of fused-ring (bicyclic) bond motifs is 1. The zero-order valence-electron chi connectivity index (χ0n) is 16.4. The summed E-state index contributed by atoms with van der Waals surface area (Å²) in [4.78, 5) is 16.0. The molecule has 2 amide bonds. The van der Waals surface area contributed by atoms with Crippen molar-refractivity contribution in [3.05, 3.63) is 47.7 Å². The van der Waals surface area contributed by atoms with Gasteiger partial charge in [0, 0.05) is 37.3 Å². The Balaban J connectivity index is 0.00000240. The Hall–Kier alpha value is -1.73. The molecule has 1 unspecified atom stereocenters. The van der Waals surface area contributed by atoms with Crippen molar-refractivity contribution in [3.8, 4) is 0 Å². The van der Waals surface area contributed by atoms with E-state index in [0.29, 0.717) is 12.5 Å². The first kappa shape index (κ1) is 22.0. The van der Waals surface area contributed by atoms with Crippen LogP contribution in [0.3, 0.4) is 0 Å². The van der Waals surface area contributed by atoms with Gasteiger partial charge in [-0.15, -0.1) is 12.4 Å². The van der Waals surface area contributed by atoms with Gasteiger partial charge in [-0.2, -0.15) is 13.2 Å². The second kappa shape index (κ2) is 8.19. The van der Waals surface area contributed by atoms with Gasteiger partial charge in [-0.1, -0.05) is 12.1 Å². The second-order valence-electron chi connectivity index (χ2n) is 8.35. The fourth-order valence-electron chi connectivity index (χ4n) is 4.62. The predicted octanol–water partition coefficient (Wildman–Crippen LogP) is 4.41. The van der Waals surface area contributed by atoms with Crippen LogP contribution in [0.4, 0.5) is 18.0 Å². The van der Waals surface area contributed by atoms with Gasteiger partial charge in [0.1, 0.15) is 0 Å². The van der Waals surface area contributed by atoms with Crippen LogP contribution in [0, 0.1) is 5.92 Å². The van der Waals surface area contributed by atoms with Gasteiger partial charge < -0.3 is 15.1 Å². The van der Waals surface area contributed by atoms with Crippen LogP contribution in [0.15, 0.2) is 36.5 Å². The van der Waals surface area contributed by atoms with E-state index in [1.54, 1.807) is 17.0 Å². The quantitative estimate of drug-likeness (QED) is 0.680. The molecule has 0 radical (unpaired) electrons. The number of nitrogens with zero attached hydrogens (tertiary/aromatic N) is 2. The Morgan fingerprint density at radius 2 is 1.86 bits per heavy atom. The molecule has 2 heterocycles. The van der Waals surface area contributed by atoms with E-state index in [9.17, 15) is 18.0 Å². The molecule has 2 fully saturated rings. The van der Waals surface area contributed by atoms with Crippen molar-refractivity contribution in [1.82, 2.24) is 15.1 Å². The van der Waals surface area contributed by atoms with Crippen LogP contribution in [0.5, 0.6) is 0 Å². The van der Waals surface area contributed by atoms with Gasteiger partial charge in [0.15, 0.2) is 0 Å². The first-order valence-corrected chi connectivity index (χ1v) is 9.93. The van der Waals surface area contributed by atoms with Crippen LogP contribution in [0.1, 0.15) is 37.3 Å². The predicted molar refractivity (Wildman–Crippen MR) is 108 cm³/mol. The number of hydrogen-bond donors (Lipinski definition) is 1. The summed E-state index contributed by atoms with van der Waals surface area (Å²) < 4.78 is 38.3. The number of amides is 2. The Kier molecular flexibility index (Phi) is 6.20. The number of alkyl halides is 3. The highest BCUT2D eigenvalue weighted by Crippen LogP contribution is 2.59. The summed E-state index contributed by atoms with van der Waals surface area (Å²) >= 11 is 0. The van der Waals surface area contributed by atoms with Crippen molar-refractivity contribution in [2.45, 2.75) is 43.8 Å². The topological polar surface area (TPSA) is 35.6 Å². The smallest absolute Gasteiger partial charge is 0.332 e. The fourth-order valence-corrected chi connectivity index (χ4v) is 4.62. The highest BCUT2D eigenvalue weighted by atomic mass is 35.5. The number of nitrogens with one attached hydrogen (secondary N) is 1. The van der Waals surface area contributed by atoms with Gasteiger partial charge in [-0.05, 0) is 62.4 Å². The van der Waals surface area contributed by atoms with Crippen molar-refractivity contribution >= 4 is 18.4 Å². The SMILES string of the molecule is CC1C=CN(CCCCN2C[C@@H]3C[C@]3(c3ccc(C(F)(F)F)cc3)C2)C(=O)N1.Cl. The second-order valence-corrected chi connectivity index (χ2v) is 8.35. The van der Waals surface area contributed by atoms with Crippen LogP contribution >= 0.6 is 12.4 Å².